The normalized spacial score (nSPS) is 13.9. The van der Waals surface area contributed by atoms with Gasteiger partial charge in [-0.05, 0) is 48.8 Å². The van der Waals surface area contributed by atoms with Crippen molar-refractivity contribution in [1.29, 1.82) is 0 Å². The molecule has 0 heterocycles. The lowest BCUT2D eigenvalue weighted by atomic mass is 9.99. The molecule has 176 valence electrons. The summed E-state index contributed by atoms with van der Waals surface area (Å²) in [4.78, 5) is 13.3. The number of ketones is 1. The zero-order valence-corrected chi connectivity index (χ0v) is 21.8. The van der Waals surface area contributed by atoms with Crippen LogP contribution in [0.3, 0.4) is 0 Å². The van der Waals surface area contributed by atoms with Crippen molar-refractivity contribution >= 4 is 21.7 Å². The first kappa shape index (κ1) is 26.4. The summed E-state index contributed by atoms with van der Waals surface area (Å²) in [6, 6.07) is 20.7. The van der Waals surface area contributed by atoms with E-state index in [0.717, 1.165) is 24.6 Å². The molecule has 0 fully saturated rings. The Morgan fingerprint density at radius 3 is 1.66 bits per heavy atom. The van der Waals surface area contributed by atoms with Crippen LogP contribution in [0, 0.1) is 5.92 Å². The van der Waals surface area contributed by atoms with Gasteiger partial charge in [-0.3, -0.25) is 4.79 Å². The van der Waals surface area contributed by atoms with Crippen molar-refractivity contribution in [3.05, 3.63) is 60.7 Å². The molecule has 0 aliphatic heterocycles. The summed E-state index contributed by atoms with van der Waals surface area (Å²) in [5.41, 5.74) is 0. The third-order valence-corrected chi connectivity index (χ3v) is 12.5. The van der Waals surface area contributed by atoms with E-state index in [4.69, 9.17) is 13.5 Å². The molecule has 0 saturated heterocycles. The van der Waals surface area contributed by atoms with Gasteiger partial charge in [-0.1, -0.05) is 71.0 Å². The summed E-state index contributed by atoms with van der Waals surface area (Å²) in [6.45, 7) is 10.4. The van der Waals surface area contributed by atoms with E-state index >= 15 is 0 Å². The summed E-state index contributed by atoms with van der Waals surface area (Å²) >= 11 is 0. The maximum Gasteiger partial charge on any atom is 0.438 e. The Morgan fingerprint density at radius 2 is 1.28 bits per heavy atom. The molecule has 0 amide bonds. The Bertz CT molecular complexity index is 817. The van der Waals surface area contributed by atoms with Gasteiger partial charge in [-0.15, -0.1) is 0 Å². The fraction of sp³-hybridized carbons (Fsp3) is 0.480. The van der Waals surface area contributed by atoms with Crippen LogP contribution < -0.4 is 9.05 Å². The van der Waals surface area contributed by atoms with Gasteiger partial charge >= 0.3 is 7.60 Å². The lowest BCUT2D eigenvalue weighted by molar-refractivity contribution is -0.123. The van der Waals surface area contributed by atoms with Gasteiger partial charge in [0.1, 0.15) is 17.7 Å². The molecule has 0 saturated carbocycles. The van der Waals surface area contributed by atoms with Crippen LogP contribution in [0.2, 0.25) is 18.1 Å². The van der Waals surface area contributed by atoms with Crippen molar-refractivity contribution in [2.45, 2.75) is 65.3 Å². The number of carbonyl (C=O) groups excluding carboxylic acids is 1. The smallest absolute Gasteiger partial charge is 0.416 e. The third kappa shape index (κ3) is 7.33. The van der Waals surface area contributed by atoms with Gasteiger partial charge in [0.25, 0.3) is 0 Å². The first-order chi connectivity index (χ1) is 15.3. The second-order valence-electron chi connectivity index (χ2n) is 8.14. The van der Waals surface area contributed by atoms with Crippen molar-refractivity contribution in [2.75, 3.05) is 6.16 Å². The van der Waals surface area contributed by atoms with E-state index in [1.165, 1.54) is 0 Å². The number of benzene rings is 2. The van der Waals surface area contributed by atoms with Crippen molar-refractivity contribution in [3.8, 4) is 11.5 Å². The fourth-order valence-corrected chi connectivity index (χ4v) is 8.50. The highest BCUT2D eigenvalue weighted by Gasteiger charge is 2.39. The molecule has 5 nitrogen and oxygen atoms in total. The van der Waals surface area contributed by atoms with Gasteiger partial charge in [0, 0.05) is 5.92 Å². The number of carbonyl (C=O) groups is 1. The van der Waals surface area contributed by atoms with Gasteiger partial charge in [0.2, 0.25) is 0 Å². The van der Waals surface area contributed by atoms with Crippen molar-refractivity contribution in [1.82, 2.24) is 0 Å². The summed E-state index contributed by atoms with van der Waals surface area (Å²) in [6.07, 6.45) is 0.220. The molecule has 0 aliphatic carbocycles. The monoisotopic (exact) mass is 476 g/mol. The largest absolute Gasteiger partial charge is 0.438 e. The second-order valence-corrected chi connectivity index (χ2v) is 14.8. The quantitative estimate of drug-likeness (QED) is 0.211. The predicted octanol–water partition coefficient (Wildman–Crippen LogP) is 7.34. The lowest BCUT2D eigenvalue weighted by Crippen LogP contribution is -2.43. The molecule has 2 aromatic rings. The summed E-state index contributed by atoms with van der Waals surface area (Å²) in [5, 5.41) is 0. The minimum atomic E-state index is -3.79. The Labute approximate surface area is 194 Å². The number of para-hydroxylation sites is 2. The Kier molecular flexibility index (Phi) is 10.2. The maximum atomic E-state index is 13.7. The van der Waals surface area contributed by atoms with Crippen LogP contribution in [0.4, 0.5) is 0 Å². The average Bonchev–Trinajstić information content (AvgIpc) is 2.81. The predicted molar refractivity (Wildman–Crippen MR) is 133 cm³/mol. The van der Waals surface area contributed by atoms with Gasteiger partial charge in [0.15, 0.2) is 14.1 Å². The molecule has 0 aliphatic rings. The molecule has 0 unspecified atom stereocenters. The minimum absolute atomic E-state index is 0.168. The molecule has 2 rings (SSSR count). The molecule has 7 heteroatoms. The summed E-state index contributed by atoms with van der Waals surface area (Å²) in [7, 11) is -5.66. The van der Waals surface area contributed by atoms with Crippen LogP contribution in [-0.4, -0.2) is 26.4 Å². The van der Waals surface area contributed by atoms with Crippen LogP contribution in [0.25, 0.3) is 0 Å². The van der Waals surface area contributed by atoms with E-state index in [-0.39, 0.29) is 18.0 Å². The van der Waals surface area contributed by atoms with E-state index in [2.05, 4.69) is 20.8 Å². The van der Waals surface area contributed by atoms with Crippen molar-refractivity contribution < 1.29 is 22.8 Å². The fourth-order valence-electron chi connectivity index (χ4n) is 3.77. The van der Waals surface area contributed by atoms with Crippen LogP contribution in [0.1, 0.15) is 41.0 Å². The van der Waals surface area contributed by atoms with E-state index in [9.17, 15) is 9.36 Å². The SMILES string of the molecule is CC[C@H](O[Si](CC)(CC)CC)[C@@H](C)C(=O)CP(=O)(Oc1ccccc1)Oc1ccccc1. The molecule has 0 aromatic heterocycles. The highest BCUT2D eigenvalue weighted by molar-refractivity contribution is 7.55. The number of rotatable bonds is 14. The van der Waals surface area contributed by atoms with Crippen LogP contribution in [0.15, 0.2) is 60.7 Å². The average molecular weight is 477 g/mol. The molecular weight excluding hydrogens is 439 g/mol. The van der Waals surface area contributed by atoms with E-state index in [1.807, 2.05) is 26.0 Å². The molecule has 0 N–H and O–H groups in total. The van der Waals surface area contributed by atoms with Crippen LogP contribution in [0.5, 0.6) is 11.5 Å². The molecule has 2 atom stereocenters. The zero-order chi connectivity index (χ0) is 23.6. The first-order valence-electron chi connectivity index (χ1n) is 11.6. The topological polar surface area (TPSA) is 61.8 Å². The van der Waals surface area contributed by atoms with E-state index < -0.39 is 21.8 Å². The first-order valence-corrected chi connectivity index (χ1v) is 15.8. The molecule has 0 radical (unpaired) electrons. The molecule has 2 aromatic carbocycles. The number of Topliss-reactive ketones (excluding diaryl/α,β-unsaturated/α-hetero) is 1. The molecule has 0 spiro atoms. The van der Waals surface area contributed by atoms with Gasteiger partial charge in [0.05, 0.1) is 6.10 Å². The number of hydrogen-bond donors (Lipinski definition) is 0. The number of hydrogen-bond acceptors (Lipinski definition) is 5. The Hall–Kier alpha value is -1.88. The van der Waals surface area contributed by atoms with Crippen LogP contribution in [-0.2, 0) is 13.8 Å². The van der Waals surface area contributed by atoms with Crippen molar-refractivity contribution in [2.24, 2.45) is 5.92 Å². The third-order valence-electron chi connectivity index (χ3n) is 6.13. The second kappa shape index (κ2) is 12.4. The highest BCUT2D eigenvalue weighted by Crippen LogP contribution is 2.49. The maximum absolute atomic E-state index is 13.7. The van der Waals surface area contributed by atoms with Crippen LogP contribution >= 0.6 is 7.60 Å². The summed E-state index contributed by atoms with van der Waals surface area (Å²) in [5.74, 6) is 0.247. The Balaban J connectivity index is 2.22. The molecular formula is C25H37O5PSi. The molecule has 0 bridgehead atoms. The van der Waals surface area contributed by atoms with Crippen molar-refractivity contribution in [3.63, 3.8) is 0 Å². The van der Waals surface area contributed by atoms with Gasteiger partial charge in [-0.25, -0.2) is 4.57 Å². The lowest BCUT2D eigenvalue weighted by Gasteiger charge is -2.35. The zero-order valence-electron chi connectivity index (χ0n) is 20.0. The minimum Gasteiger partial charge on any atom is -0.416 e. The van der Waals surface area contributed by atoms with E-state index in [1.54, 1.807) is 48.5 Å². The molecule has 32 heavy (non-hydrogen) atoms. The summed E-state index contributed by atoms with van der Waals surface area (Å²) < 4.78 is 31.9. The van der Waals surface area contributed by atoms with E-state index in [0.29, 0.717) is 11.5 Å². The Morgan fingerprint density at radius 1 is 0.844 bits per heavy atom. The van der Waals surface area contributed by atoms with Gasteiger partial charge < -0.3 is 13.5 Å². The standard InChI is InChI=1S/C25H37O5PSi/c1-6-25(30-32(7-2,8-3)9-4)21(5)24(26)20-31(27,28-22-16-12-10-13-17-22)29-23-18-14-11-15-19-23/h10-19,21,25H,6-9,20H2,1-5H3/t21-,25-/m0/s1. The van der Waals surface area contributed by atoms with Gasteiger partial charge in [-0.2, -0.15) is 0 Å². The highest BCUT2D eigenvalue weighted by atomic mass is 31.2.